The molecule has 1 saturated heterocycles. The number of rotatable bonds is 4. The highest BCUT2D eigenvalue weighted by Gasteiger charge is 2.21. The molecule has 6 nitrogen and oxygen atoms in total. The van der Waals surface area contributed by atoms with Crippen LogP contribution in [0.5, 0.6) is 0 Å². The van der Waals surface area contributed by atoms with Gasteiger partial charge in [-0.2, -0.15) is 0 Å². The summed E-state index contributed by atoms with van der Waals surface area (Å²) in [5, 5.41) is 20.7. The van der Waals surface area contributed by atoms with Crippen molar-refractivity contribution in [2.24, 2.45) is 0 Å². The molecule has 0 spiro atoms. The summed E-state index contributed by atoms with van der Waals surface area (Å²) < 4.78 is 1.97. The molecule has 1 fully saturated rings. The molecule has 0 radical (unpaired) electrons. The summed E-state index contributed by atoms with van der Waals surface area (Å²) in [6.07, 6.45) is 3.01. The van der Waals surface area contributed by atoms with Crippen LogP contribution in [0.15, 0.2) is 11.6 Å². The van der Waals surface area contributed by atoms with Gasteiger partial charge in [0.1, 0.15) is 0 Å². The summed E-state index contributed by atoms with van der Waals surface area (Å²) in [6, 6.07) is 0. The van der Waals surface area contributed by atoms with Gasteiger partial charge in [0.05, 0.1) is 18.9 Å². The summed E-state index contributed by atoms with van der Waals surface area (Å²) in [5.41, 5.74) is 0.872. The number of β-amino-alcohol motifs (C(OH)–C–C–N with tert-alkyl or cyclic N) is 1. The molecule has 20 heavy (non-hydrogen) atoms. The first-order valence-corrected chi connectivity index (χ1v) is 7.85. The zero-order valence-corrected chi connectivity index (χ0v) is 12.2. The fraction of sp³-hybridized carbons (Fsp3) is 0.615. The molecule has 7 heteroatoms. The van der Waals surface area contributed by atoms with Crippen molar-refractivity contribution in [3.05, 3.63) is 17.3 Å². The molecule has 0 saturated carbocycles. The average Bonchev–Trinajstić information content (AvgIpc) is 2.94. The van der Waals surface area contributed by atoms with Crippen LogP contribution in [-0.2, 0) is 6.61 Å². The Morgan fingerprint density at radius 2 is 2.10 bits per heavy atom. The summed E-state index contributed by atoms with van der Waals surface area (Å²) >= 11 is 1.59. The molecule has 110 valence electrons. The molecule has 1 aliphatic heterocycles. The lowest BCUT2D eigenvalue weighted by Gasteiger charge is -2.22. The van der Waals surface area contributed by atoms with Crippen LogP contribution in [-0.4, -0.2) is 63.8 Å². The smallest absolute Gasteiger partial charge is 0.195 e. The predicted molar refractivity (Wildman–Crippen MR) is 79.3 cm³/mol. The third kappa shape index (κ3) is 2.54. The zero-order chi connectivity index (χ0) is 13.9. The summed E-state index contributed by atoms with van der Waals surface area (Å²) in [5.74, 6) is 0.908. The number of aromatic nitrogens is 2. The molecule has 1 aliphatic rings. The number of aliphatic hydroxyl groups is 2. The van der Waals surface area contributed by atoms with Crippen LogP contribution in [0, 0.1) is 0 Å². The number of nitrogens with zero attached hydrogens (tertiary/aromatic N) is 4. The van der Waals surface area contributed by atoms with Gasteiger partial charge in [0, 0.05) is 37.8 Å². The fourth-order valence-corrected chi connectivity index (χ4v) is 3.50. The van der Waals surface area contributed by atoms with Crippen LogP contribution in [0.4, 0.5) is 5.82 Å². The van der Waals surface area contributed by atoms with E-state index >= 15 is 0 Å². The minimum atomic E-state index is 0.00406. The first-order valence-electron chi connectivity index (χ1n) is 6.97. The Labute approximate surface area is 121 Å². The molecule has 2 aromatic heterocycles. The Kier molecular flexibility index (Phi) is 4.21. The number of imidazole rings is 1. The molecule has 3 rings (SSSR count). The maximum atomic E-state index is 9.63. The van der Waals surface area contributed by atoms with Crippen molar-refractivity contribution in [3.63, 3.8) is 0 Å². The monoisotopic (exact) mass is 296 g/mol. The Balaban J connectivity index is 1.81. The molecule has 0 amide bonds. The Bertz CT molecular complexity index is 568. The average molecular weight is 296 g/mol. The van der Waals surface area contributed by atoms with Crippen LogP contribution >= 0.6 is 11.3 Å². The lowest BCUT2D eigenvalue weighted by Crippen LogP contribution is -2.33. The molecule has 0 atom stereocenters. The lowest BCUT2D eigenvalue weighted by molar-refractivity contribution is 0.204. The van der Waals surface area contributed by atoms with E-state index in [4.69, 9.17) is 5.11 Å². The largest absolute Gasteiger partial charge is 0.395 e. The van der Waals surface area contributed by atoms with Crippen molar-refractivity contribution in [1.29, 1.82) is 0 Å². The SMILES string of the molecule is OCCN1CCCN(c2nc3sccn3c2CO)CC1. The van der Waals surface area contributed by atoms with Crippen LogP contribution in [0.3, 0.4) is 0 Å². The highest BCUT2D eigenvalue weighted by atomic mass is 32.1. The van der Waals surface area contributed by atoms with Crippen molar-refractivity contribution < 1.29 is 10.2 Å². The van der Waals surface area contributed by atoms with E-state index in [9.17, 15) is 5.11 Å². The lowest BCUT2D eigenvalue weighted by atomic mass is 10.3. The number of thiazole rings is 1. The van der Waals surface area contributed by atoms with E-state index in [2.05, 4.69) is 14.8 Å². The first kappa shape index (κ1) is 13.8. The van der Waals surface area contributed by atoms with Crippen molar-refractivity contribution in [1.82, 2.24) is 14.3 Å². The zero-order valence-electron chi connectivity index (χ0n) is 11.4. The fourth-order valence-electron chi connectivity index (χ4n) is 2.77. The van der Waals surface area contributed by atoms with E-state index in [1.54, 1.807) is 11.3 Å². The Morgan fingerprint density at radius 3 is 2.90 bits per heavy atom. The highest BCUT2D eigenvalue weighted by Crippen LogP contribution is 2.25. The van der Waals surface area contributed by atoms with Gasteiger partial charge < -0.3 is 15.1 Å². The predicted octanol–water partition coefficient (Wildman–Crippen LogP) is 0.392. The van der Waals surface area contributed by atoms with Gasteiger partial charge in [0.2, 0.25) is 0 Å². The van der Waals surface area contributed by atoms with Crippen LogP contribution in [0.25, 0.3) is 4.96 Å². The number of hydrogen-bond acceptors (Lipinski definition) is 6. The second kappa shape index (κ2) is 6.09. The van der Waals surface area contributed by atoms with Crippen LogP contribution in [0.1, 0.15) is 12.1 Å². The van der Waals surface area contributed by atoms with Crippen LogP contribution < -0.4 is 4.90 Å². The first-order chi connectivity index (χ1) is 9.83. The van der Waals surface area contributed by atoms with Gasteiger partial charge in [-0.3, -0.25) is 9.30 Å². The highest BCUT2D eigenvalue weighted by molar-refractivity contribution is 7.15. The van der Waals surface area contributed by atoms with Gasteiger partial charge >= 0.3 is 0 Å². The van der Waals surface area contributed by atoms with Crippen molar-refractivity contribution in [2.75, 3.05) is 44.2 Å². The molecular weight excluding hydrogens is 276 g/mol. The normalized spacial score (nSPS) is 17.8. The van der Waals surface area contributed by atoms with Crippen LogP contribution in [0.2, 0.25) is 0 Å². The van der Waals surface area contributed by atoms with Gasteiger partial charge in [-0.25, -0.2) is 4.98 Å². The van der Waals surface area contributed by atoms with E-state index in [1.165, 1.54) is 0 Å². The van der Waals surface area contributed by atoms with Gasteiger partial charge in [-0.15, -0.1) is 11.3 Å². The standard InChI is InChI=1S/C13H20N4O2S/c18-8-6-15-2-1-3-16(5-4-15)12-11(10-19)17-7-9-20-13(17)14-12/h7,9,18-19H,1-6,8,10H2. The van der Waals surface area contributed by atoms with Crippen molar-refractivity contribution in [2.45, 2.75) is 13.0 Å². The summed E-state index contributed by atoms with van der Waals surface area (Å²) in [4.78, 5) is 10.1. The van der Waals surface area contributed by atoms with Crippen molar-refractivity contribution in [3.8, 4) is 0 Å². The maximum absolute atomic E-state index is 9.63. The number of anilines is 1. The van der Waals surface area contributed by atoms with E-state index < -0.39 is 0 Å². The Morgan fingerprint density at radius 1 is 1.20 bits per heavy atom. The topological polar surface area (TPSA) is 64.2 Å². The minimum Gasteiger partial charge on any atom is -0.395 e. The third-order valence-electron chi connectivity index (χ3n) is 3.79. The molecule has 3 heterocycles. The second-order valence-electron chi connectivity index (χ2n) is 5.00. The number of fused-ring (bicyclic) bond motifs is 1. The van der Waals surface area contributed by atoms with Crippen molar-refractivity contribution >= 4 is 22.1 Å². The van der Waals surface area contributed by atoms with E-state index in [0.29, 0.717) is 0 Å². The second-order valence-corrected chi connectivity index (χ2v) is 5.87. The number of aliphatic hydroxyl groups excluding tert-OH is 2. The third-order valence-corrected chi connectivity index (χ3v) is 4.55. The van der Waals surface area contributed by atoms with E-state index in [-0.39, 0.29) is 13.2 Å². The van der Waals surface area contributed by atoms with E-state index in [0.717, 1.165) is 55.6 Å². The molecule has 2 N–H and O–H groups in total. The molecular formula is C13H20N4O2S. The summed E-state index contributed by atoms with van der Waals surface area (Å²) in [7, 11) is 0. The van der Waals surface area contributed by atoms with Gasteiger partial charge in [-0.1, -0.05) is 0 Å². The van der Waals surface area contributed by atoms with Gasteiger partial charge in [-0.05, 0) is 13.0 Å². The van der Waals surface area contributed by atoms with E-state index in [1.807, 2.05) is 16.0 Å². The minimum absolute atomic E-state index is 0.00406. The molecule has 0 bridgehead atoms. The van der Waals surface area contributed by atoms with Gasteiger partial charge in [0.25, 0.3) is 0 Å². The maximum Gasteiger partial charge on any atom is 0.195 e. The number of hydrogen-bond donors (Lipinski definition) is 2. The quantitative estimate of drug-likeness (QED) is 0.855. The molecule has 0 aromatic carbocycles. The molecule has 0 aliphatic carbocycles. The molecule has 0 unspecified atom stereocenters. The molecule has 2 aromatic rings. The Hall–Kier alpha value is -1.15. The van der Waals surface area contributed by atoms with Gasteiger partial charge in [0.15, 0.2) is 10.8 Å². The summed E-state index contributed by atoms with van der Waals surface area (Å²) in [6.45, 7) is 4.72.